The van der Waals surface area contributed by atoms with Crippen molar-refractivity contribution < 1.29 is 9.15 Å². The Morgan fingerprint density at radius 3 is 3.00 bits per heavy atom. The summed E-state index contributed by atoms with van der Waals surface area (Å²) in [4.78, 5) is 4.29. The highest BCUT2D eigenvalue weighted by molar-refractivity contribution is 5.85. The van der Waals surface area contributed by atoms with Crippen molar-refractivity contribution >= 4 is 16.9 Å². The average Bonchev–Trinajstić information content (AvgIpc) is 3.15. The first-order valence-electron chi connectivity index (χ1n) is 6.39. The second kappa shape index (κ2) is 4.84. The van der Waals surface area contributed by atoms with Crippen molar-refractivity contribution in [2.24, 2.45) is 10.7 Å². The van der Waals surface area contributed by atoms with Crippen LogP contribution in [0, 0.1) is 0 Å². The molecule has 1 fully saturated rings. The van der Waals surface area contributed by atoms with E-state index in [1.807, 2.05) is 24.3 Å². The number of guanidine groups is 1. The van der Waals surface area contributed by atoms with Crippen LogP contribution >= 0.6 is 0 Å². The van der Waals surface area contributed by atoms with Gasteiger partial charge in [0.25, 0.3) is 0 Å². The molecule has 2 aromatic rings. The van der Waals surface area contributed by atoms with Gasteiger partial charge < -0.3 is 20.2 Å². The van der Waals surface area contributed by atoms with Gasteiger partial charge in [0, 0.05) is 6.04 Å². The van der Waals surface area contributed by atoms with E-state index >= 15 is 0 Å². The maximum atomic E-state index is 5.80. The molecule has 0 bridgehead atoms. The van der Waals surface area contributed by atoms with Gasteiger partial charge in [0.05, 0.1) is 12.5 Å². The molecule has 1 aliphatic carbocycles. The Morgan fingerprint density at radius 2 is 2.26 bits per heavy atom. The van der Waals surface area contributed by atoms with E-state index in [1.54, 1.807) is 7.11 Å². The predicted octanol–water partition coefficient (Wildman–Crippen LogP) is 2.01. The number of nitrogens with two attached hydrogens (primary N) is 1. The Morgan fingerprint density at radius 1 is 1.47 bits per heavy atom. The predicted molar refractivity (Wildman–Crippen MR) is 74.3 cm³/mol. The number of fused-ring (bicyclic) bond motifs is 1. The Bertz CT molecular complexity index is 614. The second-order valence-electron chi connectivity index (χ2n) is 4.67. The number of methoxy groups -OCH3 is 1. The summed E-state index contributed by atoms with van der Waals surface area (Å²) in [5.41, 5.74) is 6.61. The topological polar surface area (TPSA) is 72.8 Å². The summed E-state index contributed by atoms with van der Waals surface area (Å²) >= 11 is 0. The molecule has 100 valence electrons. The van der Waals surface area contributed by atoms with Crippen molar-refractivity contribution in [1.82, 2.24) is 5.32 Å². The summed E-state index contributed by atoms with van der Waals surface area (Å²) < 4.78 is 11.1. The lowest BCUT2D eigenvalue weighted by molar-refractivity contribution is 0.397. The molecule has 5 heteroatoms. The van der Waals surface area contributed by atoms with Crippen molar-refractivity contribution in [2.75, 3.05) is 7.11 Å². The largest absolute Gasteiger partial charge is 0.492 e. The second-order valence-corrected chi connectivity index (χ2v) is 4.67. The van der Waals surface area contributed by atoms with E-state index < -0.39 is 0 Å². The molecule has 1 aromatic carbocycles. The molecule has 1 saturated carbocycles. The van der Waals surface area contributed by atoms with Crippen molar-refractivity contribution in [3.8, 4) is 5.75 Å². The minimum absolute atomic E-state index is 0.378. The van der Waals surface area contributed by atoms with E-state index in [1.165, 1.54) is 12.8 Å². The first-order chi connectivity index (χ1) is 9.28. The number of aliphatic imine (C=N–C) groups is 1. The van der Waals surface area contributed by atoms with Gasteiger partial charge >= 0.3 is 0 Å². The Kier molecular flexibility index (Phi) is 3.03. The molecule has 0 radical (unpaired) electrons. The summed E-state index contributed by atoms with van der Waals surface area (Å²) in [6.07, 6.45) is 2.34. The van der Waals surface area contributed by atoms with Crippen LogP contribution in [0.3, 0.4) is 0 Å². The molecule has 1 aliphatic rings. The van der Waals surface area contributed by atoms with Crippen LogP contribution in [-0.2, 0) is 6.54 Å². The van der Waals surface area contributed by atoms with E-state index in [-0.39, 0.29) is 0 Å². The third kappa shape index (κ3) is 2.50. The number of rotatable bonds is 4. The molecule has 1 heterocycles. The van der Waals surface area contributed by atoms with Gasteiger partial charge in [0.2, 0.25) is 0 Å². The van der Waals surface area contributed by atoms with Gasteiger partial charge in [0.1, 0.15) is 12.1 Å². The molecule has 0 saturated heterocycles. The Balaban J connectivity index is 1.83. The number of ether oxygens (including phenoxy) is 1. The molecule has 0 aliphatic heterocycles. The summed E-state index contributed by atoms with van der Waals surface area (Å²) in [6.45, 7) is 0.378. The molecule has 0 spiro atoms. The molecule has 3 rings (SSSR count). The smallest absolute Gasteiger partial charge is 0.189 e. The van der Waals surface area contributed by atoms with Gasteiger partial charge in [-0.25, -0.2) is 4.99 Å². The van der Waals surface area contributed by atoms with E-state index in [2.05, 4.69) is 10.3 Å². The number of hydrogen-bond donors (Lipinski definition) is 2. The maximum Gasteiger partial charge on any atom is 0.189 e. The van der Waals surface area contributed by atoms with E-state index in [0.717, 1.165) is 16.7 Å². The lowest BCUT2D eigenvalue weighted by atomic mass is 10.2. The number of hydrogen-bond acceptors (Lipinski definition) is 3. The highest BCUT2D eigenvalue weighted by Crippen LogP contribution is 2.33. The molecule has 0 unspecified atom stereocenters. The fourth-order valence-electron chi connectivity index (χ4n) is 2.04. The van der Waals surface area contributed by atoms with Crippen LogP contribution in [0.15, 0.2) is 33.7 Å². The van der Waals surface area contributed by atoms with Crippen molar-refractivity contribution in [1.29, 1.82) is 0 Å². The van der Waals surface area contributed by atoms with E-state index in [9.17, 15) is 0 Å². The first-order valence-corrected chi connectivity index (χ1v) is 6.39. The minimum atomic E-state index is 0.378. The van der Waals surface area contributed by atoms with Crippen molar-refractivity contribution in [3.05, 3.63) is 30.0 Å². The van der Waals surface area contributed by atoms with Crippen molar-refractivity contribution in [3.63, 3.8) is 0 Å². The zero-order valence-corrected chi connectivity index (χ0v) is 10.8. The summed E-state index contributed by atoms with van der Waals surface area (Å²) in [6, 6.07) is 8.27. The number of benzene rings is 1. The summed E-state index contributed by atoms with van der Waals surface area (Å²) in [5.74, 6) is 1.90. The van der Waals surface area contributed by atoms with Crippen LogP contribution in [0.4, 0.5) is 0 Å². The standard InChI is InChI=1S/C14H17N3O2/c1-18-13-10-4-2-3-5-11(10)19-12(13)8-16-14(15)17-9-6-7-9/h2-5,9H,6-8H2,1H3,(H3,15,16,17). The zero-order valence-electron chi connectivity index (χ0n) is 10.8. The van der Waals surface area contributed by atoms with Gasteiger partial charge in [-0.2, -0.15) is 0 Å². The number of para-hydroxylation sites is 1. The van der Waals surface area contributed by atoms with Crippen LogP contribution in [0.5, 0.6) is 5.75 Å². The molecular weight excluding hydrogens is 242 g/mol. The van der Waals surface area contributed by atoms with E-state index in [0.29, 0.717) is 24.3 Å². The third-order valence-electron chi connectivity index (χ3n) is 3.14. The molecule has 1 aromatic heterocycles. The molecule has 0 amide bonds. The normalized spacial score (nSPS) is 15.7. The van der Waals surface area contributed by atoms with Crippen LogP contribution in [0.25, 0.3) is 11.0 Å². The van der Waals surface area contributed by atoms with Gasteiger partial charge in [0.15, 0.2) is 17.5 Å². The summed E-state index contributed by atoms with van der Waals surface area (Å²) in [7, 11) is 1.64. The lowest BCUT2D eigenvalue weighted by Crippen LogP contribution is -2.33. The quantitative estimate of drug-likeness (QED) is 0.650. The van der Waals surface area contributed by atoms with Gasteiger partial charge in [-0.1, -0.05) is 12.1 Å². The SMILES string of the molecule is COc1c(CN=C(N)NC2CC2)oc2ccccc12. The molecular formula is C14H17N3O2. The highest BCUT2D eigenvalue weighted by Gasteiger charge is 2.21. The lowest BCUT2D eigenvalue weighted by Gasteiger charge is -2.03. The molecule has 0 atom stereocenters. The Hall–Kier alpha value is -2.17. The van der Waals surface area contributed by atoms with Crippen LogP contribution in [-0.4, -0.2) is 19.1 Å². The average molecular weight is 259 g/mol. The fourth-order valence-corrected chi connectivity index (χ4v) is 2.04. The van der Waals surface area contributed by atoms with Gasteiger partial charge in [-0.15, -0.1) is 0 Å². The highest BCUT2D eigenvalue weighted by atomic mass is 16.5. The third-order valence-corrected chi connectivity index (χ3v) is 3.14. The summed E-state index contributed by atoms with van der Waals surface area (Å²) in [5, 5.41) is 4.10. The van der Waals surface area contributed by atoms with Crippen LogP contribution in [0.2, 0.25) is 0 Å². The zero-order chi connectivity index (χ0) is 13.2. The van der Waals surface area contributed by atoms with Crippen LogP contribution < -0.4 is 15.8 Å². The molecule has 19 heavy (non-hydrogen) atoms. The molecule has 3 N–H and O–H groups in total. The number of nitrogens with zero attached hydrogens (tertiary/aromatic N) is 1. The Labute approximate surface area is 111 Å². The fraction of sp³-hybridized carbons (Fsp3) is 0.357. The number of nitrogens with one attached hydrogen (secondary N) is 1. The molecule has 5 nitrogen and oxygen atoms in total. The first kappa shape index (κ1) is 11.9. The van der Waals surface area contributed by atoms with Crippen LogP contribution in [0.1, 0.15) is 18.6 Å². The minimum Gasteiger partial charge on any atom is -0.492 e. The van der Waals surface area contributed by atoms with E-state index in [4.69, 9.17) is 14.9 Å². The monoisotopic (exact) mass is 259 g/mol. The van der Waals surface area contributed by atoms with Gasteiger partial charge in [-0.05, 0) is 25.0 Å². The van der Waals surface area contributed by atoms with Gasteiger partial charge in [-0.3, -0.25) is 0 Å². The van der Waals surface area contributed by atoms with Crippen molar-refractivity contribution in [2.45, 2.75) is 25.4 Å². The number of furan rings is 1. The maximum absolute atomic E-state index is 5.80.